The van der Waals surface area contributed by atoms with Gasteiger partial charge in [-0.3, -0.25) is 9.59 Å². The zero-order valence-electron chi connectivity index (χ0n) is 23.2. The Morgan fingerprint density at radius 2 is 1.24 bits per heavy atom. The van der Waals surface area contributed by atoms with Crippen LogP contribution in [-0.2, 0) is 41.9 Å². The second-order valence-electron chi connectivity index (χ2n) is 8.35. The molecule has 0 aromatic heterocycles. The highest BCUT2D eigenvalue weighted by molar-refractivity contribution is 6.60. The first-order valence-corrected chi connectivity index (χ1v) is 14.4. The molecule has 0 aromatic rings. The third-order valence-electron chi connectivity index (χ3n) is 5.65. The Hall–Kier alpha value is -2.54. The van der Waals surface area contributed by atoms with E-state index < -0.39 is 43.8 Å². The molecule has 0 saturated carbocycles. The van der Waals surface area contributed by atoms with Gasteiger partial charge in [0.1, 0.15) is 0 Å². The van der Waals surface area contributed by atoms with Gasteiger partial charge in [-0.1, -0.05) is 27.0 Å². The number of carboxylic acids is 1. The molecular formula is C25H43NO10Si. The topological polar surface area (TPSA) is 147 Å². The summed E-state index contributed by atoms with van der Waals surface area (Å²) in [4.78, 5) is 51.3. The van der Waals surface area contributed by atoms with Crippen LogP contribution in [0.2, 0.25) is 6.04 Å². The summed E-state index contributed by atoms with van der Waals surface area (Å²) in [7, 11) is -2.98. The number of rotatable bonds is 19. The van der Waals surface area contributed by atoms with Crippen LogP contribution in [-0.4, -0.2) is 69.9 Å². The van der Waals surface area contributed by atoms with Crippen molar-refractivity contribution in [3.8, 4) is 0 Å². The van der Waals surface area contributed by atoms with Gasteiger partial charge in [-0.25, -0.2) is 9.59 Å². The van der Waals surface area contributed by atoms with Crippen LogP contribution in [0.5, 0.6) is 0 Å². The molecule has 1 atom stereocenters. The maximum atomic E-state index is 13.5. The highest BCUT2D eigenvalue weighted by Gasteiger charge is 2.66. The number of ether oxygens (including phenoxy) is 2. The number of carbonyl (C=O) groups is 4. The van der Waals surface area contributed by atoms with Crippen LogP contribution in [0, 0.1) is 5.41 Å². The first-order valence-electron chi connectivity index (χ1n) is 12.5. The van der Waals surface area contributed by atoms with Gasteiger partial charge in [0.25, 0.3) is 5.79 Å². The lowest BCUT2D eigenvalue weighted by atomic mass is 9.73. The summed E-state index contributed by atoms with van der Waals surface area (Å²) in [5, 5.41) is 12.9. The van der Waals surface area contributed by atoms with Gasteiger partial charge in [0.2, 0.25) is 11.3 Å². The van der Waals surface area contributed by atoms with E-state index in [1.165, 1.54) is 27.7 Å². The van der Waals surface area contributed by atoms with Crippen molar-refractivity contribution in [1.29, 1.82) is 0 Å². The Kier molecular flexibility index (Phi) is 14.6. The normalized spacial score (nSPS) is 13.3. The molecule has 0 aliphatic carbocycles. The fourth-order valence-corrected chi connectivity index (χ4v) is 6.40. The maximum Gasteiger partial charge on any atom is 0.500 e. The van der Waals surface area contributed by atoms with E-state index in [-0.39, 0.29) is 30.5 Å². The van der Waals surface area contributed by atoms with Crippen molar-refractivity contribution in [3.63, 3.8) is 0 Å². The Morgan fingerprint density at radius 1 is 0.811 bits per heavy atom. The van der Waals surface area contributed by atoms with Crippen LogP contribution in [0.4, 0.5) is 0 Å². The average molecular weight is 546 g/mol. The van der Waals surface area contributed by atoms with Crippen molar-refractivity contribution in [3.05, 3.63) is 24.3 Å². The molecular weight excluding hydrogens is 502 g/mol. The predicted molar refractivity (Wildman–Crippen MR) is 138 cm³/mol. The molecule has 0 rings (SSSR count). The molecule has 2 N–H and O–H groups in total. The van der Waals surface area contributed by atoms with Crippen LogP contribution < -0.4 is 5.32 Å². The monoisotopic (exact) mass is 545 g/mol. The molecule has 0 spiro atoms. The molecule has 0 aliphatic rings. The molecule has 12 heteroatoms. The fraction of sp³-hybridized carbons (Fsp3) is 0.680. The van der Waals surface area contributed by atoms with E-state index in [4.69, 9.17) is 22.8 Å². The Bertz CT molecular complexity index is 798. The van der Waals surface area contributed by atoms with Crippen molar-refractivity contribution >= 4 is 32.6 Å². The van der Waals surface area contributed by atoms with Crippen LogP contribution >= 0.6 is 0 Å². The predicted octanol–water partition coefficient (Wildman–Crippen LogP) is 3.37. The summed E-state index contributed by atoms with van der Waals surface area (Å²) in [6, 6.07) is 0.378. The lowest BCUT2D eigenvalue weighted by Gasteiger charge is -2.43. The van der Waals surface area contributed by atoms with E-state index in [0.717, 1.165) is 0 Å². The van der Waals surface area contributed by atoms with E-state index in [1.807, 2.05) is 20.8 Å². The van der Waals surface area contributed by atoms with Crippen LogP contribution in [0.15, 0.2) is 24.3 Å². The molecule has 0 aromatic carbocycles. The zero-order chi connectivity index (χ0) is 28.9. The minimum Gasteiger partial charge on any atom is -0.480 e. The highest BCUT2D eigenvalue weighted by Crippen LogP contribution is 2.43. The van der Waals surface area contributed by atoms with Crippen molar-refractivity contribution in [2.24, 2.45) is 5.41 Å². The third kappa shape index (κ3) is 8.49. The number of nitrogens with one attached hydrogen (secondary N) is 1. The van der Waals surface area contributed by atoms with Crippen molar-refractivity contribution < 1.29 is 47.0 Å². The van der Waals surface area contributed by atoms with Gasteiger partial charge < -0.3 is 33.2 Å². The molecule has 11 nitrogen and oxygen atoms in total. The van der Waals surface area contributed by atoms with E-state index in [0.29, 0.717) is 32.3 Å². The lowest BCUT2D eigenvalue weighted by Crippen LogP contribution is -2.64. The average Bonchev–Trinajstić information content (AvgIpc) is 2.82. The third-order valence-corrected chi connectivity index (χ3v) is 8.80. The van der Waals surface area contributed by atoms with Gasteiger partial charge in [-0.2, -0.15) is 0 Å². The highest BCUT2D eigenvalue weighted by atomic mass is 28.4. The van der Waals surface area contributed by atoms with Gasteiger partial charge >= 0.3 is 26.7 Å². The Labute approximate surface area is 220 Å². The SMILES string of the molecule is C=C(C)C(=O)OC(CC)(OC(=O)C(=C)C)C(CC)(C(=O)O)C(=O)NCCC[Si](OCC)(OCC)OCC. The molecule has 212 valence electrons. The summed E-state index contributed by atoms with van der Waals surface area (Å²) in [6.45, 7) is 19.3. The van der Waals surface area contributed by atoms with Gasteiger partial charge in [-0.15, -0.1) is 0 Å². The van der Waals surface area contributed by atoms with Gasteiger partial charge in [0.05, 0.1) is 0 Å². The molecule has 0 radical (unpaired) electrons. The fourth-order valence-electron chi connectivity index (χ4n) is 3.79. The van der Waals surface area contributed by atoms with Gasteiger partial charge in [0, 0.05) is 50.0 Å². The maximum absolute atomic E-state index is 13.5. The second-order valence-corrected chi connectivity index (χ2v) is 11.1. The summed E-state index contributed by atoms with van der Waals surface area (Å²) >= 11 is 0. The van der Waals surface area contributed by atoms with Crippen LogP contribution in [0.3, 0.4) is 0 Å². The molecule has 1 unspecified atom stereocenters. The first-order chi connectivity index (χ1) is 17.3. The van der Waals surface area contributed by atoms with Crippen molar-refractivity contribution in [2.75, 3.05) is 26.4 Å². The molecule has 0 fully saturated rings. The van der Waals surface area contributed by atoms with Crippen LogP contribution in [0.25, 0.3) is 0 Å². The number of carbonyl (C=O) groups excluding carboxylic acids is 3. The number of amides is 1. The standard InChI is InChI=1S/C25H43NO10Si/c1-10-24(23(30)31,25(11-2,35-20(27)18(6)7)36-21(28)19(8)9)22(29)26-16-15-17-37(32-12-3,33-13-4)34-14-5/h6,8,10-17H2,1-5,7,9H3,(H,26,29)(H,30,31). The number of carboxylic acid groups (broad SMARTS) is 1. The smallest absolute Gasteiger partial charge is 0.480 e. The van der Waals surface area contributed by atoms with E-state index in [9.17, 15) is 24.3 Å². The lowest BCUT2D eigenvalue weighted by molar-refractivity contribution is -0.266. The molecule has 0 aliphatic heterocycles. The molecule has 0 saturated heterocycles. The number of hydrogen-bond acceptors (Lipinski definition) is 9. The summed E-state index contributed by atoms with van der Waals surface area (Å²) in [6.07, 6.45) is -0.328. The zero-order valence-corrected chi connectivity index (χ0v) is 24.2. The Balaban J connectivity index is 6.23. The Morgan fingerprint density at radius 3 is 1.54 bits per heavy atom. The van der Waals surface area contributed by atoms with E-state index in [2.05, 4.69) is 18.5 Å². The van der Waals surface area contributed by atoms with Crippen molar-refractivity contribution in [1.82, 2.24) is 5.32 Å². The minimum absolute atomic E-state index is 0.0402. The second kappa shape index (κ2) is 15.6. The van der Waals surface area contributed by atoms with E-state index >= 15 is 0 Å². The number of aliphatic carboxylic acids is 1. The van der Waals surface area contributed by atoms with Gasteiger partial charge in [-0.05, 0) is 47.5 Å². The molecule has 0 bridgehead atoms. The van der Waals surface area contributed by atoms with E-state index in [1.54, 1.807) is 0 Å². The quantitative estimate of drug-likeness (QED) is 0.0618. The molecule has 37 heavy (non-hydrogen) atoms. The summed E-state index contributed by atoms with van der Waals surface area (Å²) in [5.41, 5.74) is -2.60. The summed E-state index contributed by atoms with van der Waals surface area (Å²) in [5.74, 6) is -7.09. The number of hydrogen-bond donors (Lipinski definition) is 2. The molecule has 1 amide bonds. The minimum atomic E-state index is -2.98. The summed E-state index contributed by atoms with van der Waals surface area (Å²) < 4.78 is 28.3. The largest absolute Gasteiger partial charge is 0.500 e. The van der Waals surface area contributed by atoms with Crippen LogP contribution in [0.1, 0.15) is 67.7 Å². The first kappa shape index (κ1) is 34.5. The molecule has 0 heterocycles. The number of esters is 2. The van der Waals surface area contributed by atoms with Crippen molar-refractivity contribution in [2.45, 2.75) is 79.6 Å². The van der Waals surface area contributed by atoms with Gasteiger partial charge in [0.15, 0.2) is 0 Å².